The quantitative estimate of drug-likeness (QED) is 0.265. The zero-order chi connectivity index (χ0) is 26.0. The van der Waals surface area contributed by atoms with Crippen LogP contribution in [0.25, 0.3) is 10.9 Å². The molecule has 4 aromatic rings. The number of aromatic nitrogens is 3. The number of aryl methyl sites for hydroxylation is 1. The summed E-state index contributed by atoms with van der Waals surface area (Å²) in [6.45, 7) is 5.17. The normalized spacial score (nSPS) is 12.4. The third kappa shape index (κ3) is 5.46. The Balaban J connectivity index is 1.67. The van der Waals surface area contributed by atoms with Gasteiger partial charge >= 0.3 is 6.18 Å². The number of methoxy groups -OCH3 is 1. The van der Waals surface area contributed by atoms with Crippen LogP contribution in [0.5, 0.6) is 11.6 Å². The van der Waals surface area contributed by atoms with Gasteiger partial charge in [-0.3, -0.25) is 0 Å². The Morgan fingerprint density at radius 3 is 2.42 bits per heavy atom. The van der Waals surface area contributed by atoms with Crippen LogP contribution >= 0.6 is 11.6 Å². The van der Waals surface area contributed by atoms with Gasteiger partial charge in [-0.2, -0.15) is 18.2 Å². The van der Waals surface area contributed by atoms with E-state index in [1.807, 2.05) is 24.3 Å². The molecule has 0 saturated carbocycles. The summed E-state index contributed by atoms with van der Waals surface area (Å²) in [7, 11) is 1.59. The Labute approximate surface area is 211 Å². The van der Waals surface area contributed by atoms with Crippen molar-refractivity contribution >= 4 is 28.3 Å². The second-order valence-corrected chi connectivity index (χ2v) is 8.67. The van der Waals surface area contributed by atoms with Gasteiger partial charge in [-0.1, -0.05) is 35.9 Å². The lowest BCUT2D eigenvalue weighted by molar-refractivity contribution is -0.138. The van der Waals surface area contributed by atoms with Gasteiger partial charge in [-0.05, 0) is 61.7 Å². The number of hydrogen-bond donors (Lipinski definition) is 1. The van der Waals surface area contributed by atoms with Crippen molar-refractivity contribution in [2.75, 3.05) is 12.4 Å². The first-order chi connectivity index (χ1) is 17.1. The van der Waals surface area contributed by atoms with E-state index in [2.05, 4.69) is 20.3 Å². The summed E-state index contributed by atoms with van der Waals surface area (Å²) in [6.07, 6.45) is -4.44. The molecule has 4 rings (SSSR count). The third-order valence-corrected chi connectivity index (χ3v) is 5.96. The highest BCUT2D eigenvalue weighted by Crippen LogP contribution is 2.36. The molecule has 1 unspecified atom stereocenters. The Kier molecular flexibility index (Phi) is 7.21. The SMILES string of the molecule is COc1ccc(COc2nc(Cl)cc3c(NC(C)c4cccc(C(F)(F)F)c4C)nc(C)nc23)cc1. The monoisotopic (exact) mass is 516 g/mol. The lowest BCUT2D eigenvalue weighted by atomic mass is 9.97. The van der Waals surface area contributed by atoms with E-state index in [9.17, 15) is 13.2 Å². The van der Waals surface area contributed by atoms with Crippen LogP contribution in [0.2, 0.25) is 5.15 Å². The van der Waals surface area contributed by atoms with Gasteiger partial charge < -0.3 is 14.8 Å². The molecule has 6 nitrogen and oxygen atoms in total. The third-order valence-electron chi connectivity index (χ3n) is 5.77. The topological polar surface area (TPSA) is 69.2 Å². The van der Waals surface area contributed by atoms with Gasteiger partial charge in [0.25, 0.3) is 0 Å². The molecule has 2 heterocycles. The maximum Gasteiger partial charge on any atom is 0.416 e. The van der Waals surface area contributed by atoms with Crippen LogP contribution < -0.4 is 14.8 Å². The van der Waals surface area contributed by atoms with Crippen LogP contribution in [0.4, 0.5) is 19.0 Å². The van der Waals surface area contributed by atoms with E-state index < -0.39 is 17.8 Å². The standard InChI is InChI=1S/C26H24ClF3N4O2/c1-14-19(6-5-7-21(14)26(28,29)30)15(2)31-24-20-12-22(27)34-25(23(20)32-16(3)33-24)36-13-17-8-10-18(35-4)11-9-17/h5-12,15H,13H2,1-4H3,(H,31,32,33). The summed E-state index contributed by atoms with van der Waals surface area (Å²) in [5.74, 6) is 1.82. The molecular formula is C26H24ClF3N4O2. The number of nitrogens with zero attached hydrogens (tertiary/aromatic N) is 3. The van der Waals surface area contributed by atoms with Crippen LogP contribution in [0.3, 0.4) is 0 Å². The van der Waals surface area contributed by atoms with Crippen molar-refractivity contribution < 1.29 is 22.6 Å². The fourth-order valence-electron chi connectivity index (χ4n) is 3.98. The van der Waals surface area contributed by atoms with Crippen molar-refractivity contribution in [2.45, 2.75) is 39.6 Å². The number of fused-ring (bicyclic) bond motifs is 1. The van der Waals surface area contributed by atoms with Crippen molar-refractivity contribution in [1.29, 1.82) is 0 Å². The van der Waals surface area contributed by atoms with Gasteiger partial charge in [-0.25, -0.2) is 9.97 Å². The lowest BCUT2D eigenvalue weighted by Gasteiger charge is -2.21. The minimum absolute atomic E-state index is 0.156. The van der Waals surface area contributed by atoms with Crippen LogP contribution in [0.1, 0.15) is 41.0 Å². The summed E-state index contributed by atoms with van der Waals surface area (Å²) >= 11 is 6.29. The Morgan fingerprint density at radius 1 is 1.03 bits per heavy atom. The van der Waals surface area contributed by atoms with E-state index in [1.54, 1.807) is 33.1 Å². The van der Waals surface area contributed by atoms with Gasteiger partial charge in [0.2, 0.25) is 5.88 Å². The number of halogens is 4. The van der Waals surface area contributed by atoms with E-state index in [0.717, 1.165) is 17.4 Å². The first-order valence-corrected chi connectivity index (χ1v) is 11.5. The highest BCUT2D eigenvalue weighted by molar-refractivity contribution is 6.30. The van der Waals surface area contributed by atoms with E-state index in [0.29, 0.717) is 28.1 Å². The molecule has 1 N–H and O–H groups in total. The largest absolute Gasteiger partial charge is 0.497 e. The Hall–Kier alpha value is -3.59. The summed E-state index contributed by atoms with van der Waals surface area (Å²) in [6, 6.07) is 12.7. The summed E-state index contributed by atoms with van der Waals surface area (Å²) < 4.78 is 51.4. The first kappa shape index (κ1) is 25.5. The molecule has 188 valence electrons. The van der Waals surface area contributed by atoms with Gasteiger partial charge in [0, 0.05) is 0 Å². The molecule has 0 aliphatic carbocycles. The number of benzene rings is 2. The zero-order valence-electron chi connectivity index (χ0n) is 20.1. The lowest BCUT2D eigenvalue weighted by Crippen LogP contribution is -2.14. The Bertz CT molecular complexity index is 1400. The molecule has 0 amide bonds. The van der Waals surface area contributed by atoms with Crippen molar-refractivity contribution in [3.05, 3.63) is 81.8 Å². The molecule has 0 aliphatic heterocycles. The maximum absolute atomic E-state index is 13.4. The van der Waals surface area contributed by atoms with Crippen molar-refractivity contribution in [3.8, 4) is 11.6 Å². The first-order valence-electron chi connectivity index (χ1n) is 11.1. The van der Waals surface area contributed by atoms with Gasteiger partial charge in [0.05, 0.1) is 24.1 Å². The van der Waals surface area contributed by atoms with Gasteiger partial charge in [-0.15, -0.1) is 0 Å². The average molecular weight is 517 g/mol. The number of pyridine rings is 1. The van der Waals surface area contributed by atoms with Crippen LogP contribution in [0.15, 0.2) is 48.5 Å². The van der Waals surface area contributed by atoms with Crippen molar-refractivity contribution in [1.82, 2.24) is 15.0 Å². The molecule has 10 heteroatoms. The molecule has 1 atom stereocenters. The summed E-state index contributed by atoms with van der Waals surface area (Å²) in [5.41, 5.74) is 1.33. The predicted octanol–water partition coefficient (Wildman–Crippen LogP) is 7.07. The average Bonchev–Trinajstić information content (AvgIpc) is 2.82. The number of nitrogens with one attached hydrogen (secondary N) is 1. The van der Waals surface area contributed by atoms with E-state index in [4.69, 9.17) is 21.1 Å². The molecule has 0 aliphatic rings. The molecule has 0 spiro atoms. The smallest absolute Gasteiger partial charge is 0.416 e. The summed E-state index contributed by atoms with van der Waals surface area (Å²) in [5, 5.41) is 3.94. The van der Waals surface area contributed by atoms with Crippen LogP contribution in [-0.2, 0) is 12.8 Å². The molecule has 2 aromatic carbocycles. The fraction of sp³-hybridized carbons (Fsp3) is 0.269. The van der Waals surface area contributed by atoms with Crippen molar-refractivity contribution in [2.24, 2.45) is 0 Å². The number of anilines is 1. The minimum atomic E-state index is -4.44. The molecule has 0 radical (unpaired) electrons. The summed E-state index contributed by atoms with van der Waals surface area (Å²) in [4.78, 5) is 13.3. The van der Waals surface area contributed by atoms with Gasteiger partial charge in [0.1, 0.15) is 34.7 Å². The van der Waals surface area contributed by atoms with Crippen LogP contribution in [0, 0.1) is 13.8 Å². The minimum Gasteiger partial charge on any atom is -0.497 e. The van der Waals surface area contributed by atoms with Crippen LogP contribution in [-0.4, -0.2) is 22.1 Å². The second kappa shape index (κ2) is 10.2. The predicted molar refractivity (Wildman–Crippen MR) is 133 cm³/mol. The van der Waals surface area contributed by atoms with E-state index in [1.165, 1.54) is 13.0 Å². The van der Waals surface area contributed by atoms with Crippen molar-refractivity contribution in [3.63, 3.8) is 0 Å². The zero-order valence-corrected chi connectivity index (χ0v) is 20.8. The number of ether oxygens (including phenoxy) is 2. The molecule has 0 fully saturated rings. The highest BCUT2D eigenvalue weighted by Gasteiger charge is 2.33. The number of hydrogen-bond acceptors (Lipinski definition) is 6. The fourth-order valence-corrected chi connectivity index (χ4v) is 4.16. The van der Waals surface area contributed by atoms with Gasteiger partial charge in [0.15, 0.2) is 0 Å². The molecule has 36 heavy (non-hydrogen) atoms. The molecular weight excluding hydrogens is 493 g/mol. The molecule has 2 aromatic heterocycles. The number of alkyl halides is 3. The second-order valence-electron chi connectivity index (χ2n) is 8.29. The van der Waals surface area contributed by atoms with E-state index in [-0.39, 0.29) is 23.2 Å². The Morgan fingerprint density at radius 2 is 1.75 bits per heavy atom. The maximum atomic E-state index is 13.4. The number of rotatable bonds is 7. The molecule has 0 saturated heterocycles. The van der Waals surface area contributed by atoms with E-state index >= 15 is 0 Å². The highest BCUT2D eigenvalue weighted by atomic mass is 35.5. The molecule has 0 bridgehead atoms.